The summed E-state index contributed by atoms with van der Waals surface area (Å²) >= 11 is 0. The Bertz CT molecular complexity index is 616. The molecular formula is C14H11N2O. The maximum Gasteiger partial charge on any atom is 0.174 e. The lowest BCUT2D eigenvalue weighted by Gasteiger charge is -2.05. The molecule has 1 heterocycles. The van der Waals surface area contributed by atoms with Crippen molar-refractivity contribution in [3.63, 3.8) is 0 Å². The van der Waals surface area contributed by atoms with E-state index in [-0.39, 0.29) is 0 Å². The highest BCUT2D eigenvalue weighted by Gasteiger charge is 1.99. The van der Waals surface area contributed by atoms with Crippen LogP contribution in [-0.2, 0) is 6.61 Å². The molecule has 0 aliphatic heterocycles. The van der Waals surface area contributed by atoms with Crippen LogP contribution in [0.1, 0.15) is 5.56 Å². The van der Waals surface area contributed by atoms with Crippen LogP contribution in [0, 0.1) is 6.33 Å². The van der Waals surface area contributed by atoms with E-state index in [9.17, 15) is 0 Å². The minimum absolute atomic E-state index is 0.570. The number of benzene rings is 2. The molecule has 2 aromatic carbocycles. The molecule has 1 radical (unpaired) electrons. The van der Waals surface area contributed by atoms with Crippen molar-refractivity contribution in [1.29, 1.82) is 0 Å². The Morgan fingerprint density at radius 2 is 2.00 bits per heavy atom. The second kappa shape index (κ2) is 4.29. The Kier molecular flexibility index (Phi) is 2.50. The topological polar surface area (TPSA) is 37.9 Å². The van der Waals surface area contributed by atoms with Crippen molar-refractivity contribution in [2.75, 3.05) is 0 Å². The molecule has 1 N–H and O–H groups in total. The van der Waals surface area contributed by atoms with Gasteiger partial charge in [0, 0.05) is 6.07 Å². The van der Waals surface area contributed by atoms with Crippen LogP contribution in [0.15, 0.2) is 48.5 Å². The number of imidazole rings is 1. The monoisotopic (exact) mass is 223 g/mol. The van der Waals surface area contributed by atoms with Crippen LogP contribution in [-0.4, -0.2) is 9.97 Å². The van der Waals surface area contributed by atoms with Crippen LogP contribution in [0.5, 0.6) is 5.75 Å². The molecule has 0 aliphatic carbocycles. The van der Waals surface area contributed by atoms with Gasteiger partial charge in [0.15, 0.2) is 6.33 Å². The zero-order valence-corrected chi connectivity index (χ0v) is 9.18. The van der Waals surface area contributed by atoms with E-state index in [1.165, 1.54) is 0 Å². The number of aromatic amines is 1. The molecule has 0 unspecified atom stereocenters. The number of aromatic nitrogens is 2. The van der Waals surface area contributed by atoms with Gasteiger partial charge in [0.05, 0.1) is 11.0 Å². The fraction of sp³-hybridized carbons (Fsp3) is 0.0714. The van der Waals surface area contributed by atoms with Crippen molar-refractivity contribution in [2.24, 2.45) is 0 Å². The van der Waals surface area contributed by atoms with E-state index in [1.807, 2.05) is 48.5 Å². The molecule has 3 rings (SSSR count). The molecular weight excluding hydrogens is 212 g/mol. The summed E-state index contributed by atoms with van der Waals surface area (Å²) in [5.41, 5.74) is 2.99. The van der Waals surface area contributed by atoms with E-state index in [0.717, 1.165) is 22.3 Å². The van der Waals surface area contributed by atoms with Crippen molar-refractivity contribution in [3.05, 3.63) is 60.4 Å². The highest BCUT2D eigenvalue weighted by Crippen LogP contribution is 2.18. The Labute approximate surface area is 99.1 Å². The molecule has 0 amide bonds. The highest BCUT2D eigenvalue weighted by atomic mass is 16.5. The molecule has 0 saturated carbocycles. The third-order valence-corrected chi connectivity index (χ3v) is 2.58. The number of hydrogen-bond acceptors (Lipinski definition) is 2. The van der Waals surface area contributed by atoms with Crippen LogP contribution in [0.4, 0.5) is 0 Å². The molecule has 0 aliphatic rings. The predicted molar refractivity (Wildman–Crippen MR) is 65.7 cm³/mol. The van der Waals surface area contributed by atoms with Gasteiger partial charge in [-0.1, -0.05) is 30.3 Å². The van der Waals surface area contributed by atoms with E-state index in [2.05, 4.69) is 16.3 Å². The van der Waals surface area contributed by atoms with Gasteiger partial charge in [-0.05, 0) is 17.7 Å². The summed E-state index contributed by atoms with van der Waals surface area (Å²) in [4.78, 5) is 7.00. The van der Waals surface area contributed by atoms with Crippen LogP contribution < -0.4 is 4.74 Å². The van der Waals surface area contributed by atoms with Crippen molar-refractivity contribution >= 4 is 11.0 Å². The quantitative estimate of drug-likeness (QED) is 0.741. The van der Waals surface area contributed by atoms with Crippen molar-refractivity contribution < 1.29 is 4.74 Å². The lowest BCUT2D eigenvalue weighted by molar-refractivity contribution is 0.306. The second-order valence-electron chi connectivity index (χ2n) is 3.80. The Balaban J connectivity index is 1.76. The third kappa shape index (κ3) is 2.13. The summed E-state index contributed by atoms with van der Waals surface area (Å²) in [7, 11) is 0. The molecule has 1 aromatic heterocycles. The van der Waals surface area contributed by atoms with Gasteiger partial charge < -0.3 is 9.72 Å². The molecule has 3 heteroatoms. The van der Waals surface area contributed by atoms with Crippen molar-refractivity contribution in [2.45, 2.75) is 6.61 Å². The molecule has 3 aromatic rings. The van der Waals surface area contributed by atoms with Gasteiger partial charge in [-0.3, -0.25) is 0 Å². The van der Waals surface area contributed by atoms with Crippen LogP contribution >= 0.6 is 0 Å². The zero-order chi connectivity index (χ0) is 11.5. The number of fused-ring (bicyclic) bond motifs is 1. The first kappa shape index (κ1) is 9.90. The van der Waals surface area contributed by atoms with Crippen LogP contribution in [0.2, 0.25) is 0 Å². The zero-order valence-electron chi connectivity index (χ0n) is 9.18. The fourth-order valence-electron chi connectivity index (χ4n) is 1.69. The van der Waals surface area contributed by atoms with E-state index >= 15 is 0 Å². The van der Waals surface area contributed by atoms with Gasteiger partial charge in [-0.15, -0.1) is 0 Å². The molecule has 0 atom stereocenters. The molecule has 17 heavy (non-hydrogen) atoms. The number of H-pyrrole nitrogens is 1. The van der Waals surface area contributed by atoms with Crippen LogP contribution in [0.3, 0.4) is 0 Å². The maximum absolute atomic E-state index is 5.70. The molecule has 3 nitrogen and oxygen atoms in total. The Morgan fingerprint density at radius 3 is 2.88 bits per heavy atom. The van der Waals surface area contributed by atoms with E-state index < -0.39 is 0 Å². The average Bonchev–Trinajstić information content (AvgIpc) is 2.85. The van der Waals surface area contributed by atoms with E-state index in [1.54, 1.807) is 0 Å². The van der Waals surface area contributed by atoms with Gasteiger partial charge in [-0.25, -0.2) is 4.98 Å². The van der Waals surface area contributed by atoms with Crippen molar-refractivity contribution in [1.82, 2.24) is 9.97 Å². The van der Waals surface area contributed by atoms with Gasteiger partial charge in [0.25, 0.3) is 0 Å². The summed E-state index contributed by atoms with van der Waals surface area (Å²) < 4.78 is 5.70. The molecule has 0 saturated heterocycles. The summed E-state index contributed by atoms with van der Waals surface area (Å²) in [6.45, 7) is 0.570. The summed E-state index contributed by atoms with van der Waals surface area (Å²) in [6.07, 6.45) is 2.71. The smallest absolute Gasteiger partial charge is 0.174 e. The number of ether oxygens (including phenoxy) is 1. The Morgan fingerprint density at radius 1 is 1.12 bits per heavy atom. The SMILES string of the molecule is [c]1nc2cc(OCc3ccccc3)ccc2[nH]1. The third-order valence-electron chi connectivity index (χ3n) is 2.58. The summed E-state index contributed by atoms with van der Waals surface area (Å²) in [5, 5.41) is 0. The van der Waals surface area contributed by atoms with E-state index in [0.29, 0.717) is 6.61 Å². The minimum atomic E-state index is 0.570. The van der Waals surface area contributed by atoms with Crippen LogP contribution in [0.25, 0.3) is 11.0 Å². The first-order chi connectivity index (χ1) is 8.42. The predicted octanol–water partition coefficient (Wildman–Crippen LogP) is 2.94. The molecule has 0 fully saturated rings. The van der Waals surface area contributed by atoms with Gasteiger partial charge in [-0.2, -0.15) is 0 Å². The lowest BCUT2D eigenvalue weighted by Crippen LogP contribution is -1.94. The molecule has 83 valence electrons. The Hall–Kier alpha value is -2.29. The number of nitrogens with zero attached hydrogens (tertiary/aromatic N) is 1. The standard InChI is InChI=1S/C14H11N2O/c1-2-4-11(5-3-1)9-17-12-6-7-13-14(8-12)16-10-15-13/h1-8H,9H2,(H,15,16). The number of rotatable bonds is 3. The first-order valence-electron chi connectivity index (χ1n) is 5.44. The average molecular weight is 223 g/mol. The normalized spacial score (nSPS) is 10.6. The van der Waals surface area contributed by atoms with Gasteiger partial charge in [0.2, 0.25) is 0 Å². The molecule has 0 spiro atoms. The first-order valence-corrected chi connectivity index (χ1v) is 5.44. The highest BCUT2D eigenvalue weighted by molar-refractivity contribution is 5.75. The second-order valence-corrected chi connectivity index (χ2v) is 3.80. The summed E-state index contributed by atoms with van der Waals surface area (Å²) in [6, 6.07) is 15.9. The largest absolute Gasteiger partial charge is 0.489 e. The van der Waals surface area contributed by atoms with Crippen molar-refractivity contribution in [3.8, 4) is 5.75 Å². The number of hydrogen-bond donors (Lipinski definition) is 1. The number of nitrogens with one attached hydrogen (secondary N) is 1. The molecule has 0 bridgehead atoms. The summed E-state index contributed by atoms with van der Waals surface area (Å²) in [5.74, 6) is 0.821. The fourth-order valence-corrected chi connectivity index (χ4v) is 1.69. The maximum atomic E-state index is 5.70. The van der Waals surface area contributed by atoms with Gasteiger partial charge >= 0.3 is 0 Å². The lowest BCUT2D eigenvalue weighted by atomic mass is 10.2. The van der Waals surface area contributed by atoms with Gasteiger partial charge in [0.1, 0.15) is 12.4 Å². The minimum Gasteiger partial charge on any atom is -0.489 e. The van der Waals surface area contributed by atoms with E-state index in [4.69, 9.17) is 4.74 Å².